The molecule has 0 bridgehead atoms. The fourth-order valence-electron chi connectivity index (χ4n) is 3.18. The monoisotopic (exact) mass is 442 g/mol. The Morgan fingerprint density at radius 1 is 1.03 bits per heavy atom. The third-order valence-electron chi connectivity index (χ3n) is 5.14. The van der Waals surface area contributed by atoms with E-state index in [9.17, 15) is 18.0 Å². The lowest BCUT2D eigenvalue weighted by molar-refractivity contribution is 0.0939. The quantitative estimate of drug-likeness (QED) is 0.412. The van der Waals surface area contributed by atoms with Crippen molar-refractivity contribution in [2.45, 2.75) is 51.5 Å². The first kappa shape index (κ1) is 22.6. The molecule has 1 heterocycles. The number of benzene rings is 2. The fraction of sp³-hybridized carbons (Fsp3) is 0.318. The first-order valence-corrected chi connectivity index (χ1v) is 11.6. The van der Waals surface area contributed by atoms with Crippen molar-refractivity contribution in [2.75, 3.05) is 0 Å². The molecule has 0 spiro atoms. The van der Waals surface area contributed by atoms with E-state index < -0.39 is 15.9 Å². The number of sulfonamides is 1. The molecule has 0 aliphatic heterocycles. The Kier molecular flexibility index (Phi) is 6.87. The van der Waals surface area contributed by atoms with E-state index in [2.05, 4.69) is 22.3 Å². The van der Waals surface area contributed by atoms with E-state index in [1.165, 1.54) is 16.8 Å². The van der Waals surface area contributed by atoms with Crippen molar-refractivity contribution < 1.29 is 13.2 Å². The minimum Gasteiger partial charge on any atom is -0.272 e. The van der Waals surface area contributed by atoms with Gasteiger partial charge in [0.05, 0.1) is 10.3 Å². The van der Waals surface area contributed by atoms with Gasteiger partial charge in [-0.2, -0.15) is 5.10 Å². The number of hydrogen-bond donors (Lipinski definition) is 2. The topological polar surface area (TPSA) is 110 Å². The SMILES string of the molecule is CCCCCn1nc(C(=O)NNS(=O)(=O)c2ccc(C)c(C)c2)c2ccccc2c1=O. The highest BCUT2D eigenvalue weighted by molar-refractivity contribution is 7.89. The second-order valence-corrected chi connectivity index (χ2v) is 9.12. The molecule has 164 valence electrons. The number of rotatable bonds is 8. The normalized spacial score (nSPS) is 11.6. The van der Waals surface area contributed by atoms with E-state index in [-0.39, 0.29) is 16.1 Å². The number of carbonyl (C=O) groups excluding carboxylic acids is 1. The molecule has 3 aromatic rings. The molecule has 2 N–H and O–H groups in total. The van der Waals surface area contributed by atoms with Crippen molar-refractivity contribution in [3.8, 4) is 0 Å². The number of hydrogen-bond acceptors (Lipinski definition) is 5. The molecular weight excluding hydrogens is 416 g/mol. The Morgan fingerprint density at radius 3 is 2.42 bits per heavy atom. The Labute approximate surface area is 181 Å². The van der Waals surface area contributed by atoms with E-state index in [0.717, 1.165) is 30.4 Å². The number of hydrazine groups is 1. The lowest BCUT2D eigenvalue weighted by Gasteiger charge is -2.12. The van der Waals surface area contributed by atoms with Gasteiger partial charge in [-0.15, -0.1) is 4.83 Å². The molecule has 0 aliphatic rings. The average Bonchev–Trinajstić information content (AvgIpc) is 2.75. The molecule has 1 amide bonds. The maximum atomic E-state index is 12.8. The molecule has 0 saturated carbocycles. The summed E-state index contributed by atoms with van der Waals surface area (Å²) in [5.41, 5.74) is 3.71. The number of nitrogens with zero attached hydrogens (tertiary/aromatic N) is 2. The molecular formula is C22H26N4O4S. The summed E-state index contributed by atoms with van der Waals surface area (Å²) in [6.07, 6.45) is 2.66. The number of amides is 1. The predicted octanol–water partition coefficient (Wildman–Crippen LogP) is 2.83. The number of aromatic nitrogens is 2. The van der Waals surface area contributed by atoms with Gasteiger partial charge in [-0.1, -0.05) is 44.0 Å². The van der Waals surface area contributed by atoms with Crippen LogP contribution in [-0.4, -0.2) is 24.1 Å². The Bertz CT molecular complexity index is 1280. The fourth-order valence-corrected chi connectivity index (χ4v) is 4.10. The summed E-state index contributed by atoms with van der Waals surface area (Å²) in [5, 5.41) is 4.95. The van der Waals surface area contributed by atoms with E-state index in [0.29, 0.717) is 17.3 Å². The number of fused-ring (bicyclic) bond motifs is 1. The van der Waals surface area contributed by atoms with Crippen molar-refractivity contribution in [3.05, 3.63) is 69.6 Å². The molecule has 0 aliphatic carbocycles. The lowest BCUT2D eigenvalue weighted by Crippen LogP contribution is -2.42. The summed E-state index contributed by atoms with van der Waals surface area (Å²) in [7, 11) is -3.97. The zero-order valence-corrected chi connectivity index (χ0v) is 18.6. The van der Waals surface area contributed by atoms with Crippen LogP contribution in [-0.2, 0) is 16.6 Å². The Morgan fingerprint density at radius 2 is 1.74 bits per heavy atom. The summed E-state index contributed by atoms with van der Waals surface area (Å²) in [6, 6.07) is 11.4. The van der Waals surface area contributed by atoms with Gasteiger partial charge >= 0.3 is 0 Å². The van der Waals surface area contributed by atoms with E-state index >= 15 is 0 Å². The van der Waals surface area contributed by atoms with Gasteiger partial charge in [0.15, 0.2) is 5.69 Å². The zero-order chi connectivity index (χ0) is 22.6. The van der Waals surface area contributed by atoms with Crippen molar-refractivity contribution in [1.29, 1.82) is 0 Å². The van der Waals surface area contributed by atoms with Crippen molar-refractivity contribution >= 4 is 26.7 Å². The molecule has 0 unspecified atom stereocenters. The number of aryl methyl sites for hydroxylation is 3. The molecule has 0 saturated heterocycles. The standard InChI is InChI=1S/C22H26N4O4S/c1-4-5-8-13-26-22(28)19-10-7-6-9-18(19)20(24-26)21(27)23-25-31(29,30)17-12-11-15(2)16(3)14-17/h6-7,9-12,14,25H,4-5,8,13H2,1-3H3,(H,23,27). The predicted molar refractivity (Wildman–Crippen MR) is 119 cm³/mol. The first-order valence-electron chi connectivity index (χ1n) is 10.1. The zero-order valence-electron chi connectivity index (χ0n) is 17.8. The van der Waals surface area contributed by atoms with Gasteiger partial charge in [0.2, 0.25) is 0 Å². The second-order valence-electron chi connectivity index (χ2n) is 7.44. The summed E-state index contributed by atoms with van der Waals surface area (Å²) in [5.74, 6) is -0.743. The summed E-state index contributed by atoms with van der Waals surface area (Å²) < 4.78 is 26.4. The molecule has 0 fully saturated rings. The average molecular weight is 443 g/mol. The van der Waals surface area contributed by atoms with Crippen molar-refractivity contribution in [2.24, 2.45) is 0 Å². The van der Waals surface area contributed by atoms with Crippen LogP contribution in [0, 0.1) is 13.8 Å². The highest BCUT2D eigenvalue weighted by Crippen LogP contribution is 2.15. The van der Waals surface area contributed by atoms with Crippen LogP contribution in [0.3, 0.4) is 0 Å². The molecule has 0 radical (unpaired) electrons. The van der Waals surface area contributed by atoms with Crippen LogP contribution in [0.2, 0.25) is 0 Å². The van der Waals surface area contributed by atoms with Gasteiger partial charge in [-0.25, -0.2) is 13.1 Å². The molecule has 0 atom stereocenters. The van der Waals surface area contributed by atoms with E-state index in [1.54, 1.807) is 30.3 Å². The minimum absolute atomic E-state index is 0.0190. The van der Waals surface area contributed by atoms with E-state index in [1.807, 2.05) is 13.8 Å². The number of unbranched alkanes of at least 4 members (excludes halogenated alkanes) is 2. The molecule has 1 aromatic heterocycles. The van der Waals surface area contributed by atoms with Crippen molar-refractivity contribution in [3.63, 3.8) is 0 Å². The molecule has 9 heteroatoms. The molecule has 8 nitrogen and oxygen atoms in total. The van der Waals surface area contributed by atoms with Gasteiger partial charge in [0, 0.05) is 11.9 Å². The Hall–Kier alpha value is -3.04. The van der Waals surface area contributed by atoms with Crippen LogP contribution in [0.25, 0.3) is 10.8 Å². The van der Waals surface area contributed by atoms with Crippen LogP contribution in [0.15, 0.2) is 52.2 Å². The third kappa shape index (κ3) is 5.00. The summed E-state index contributed by atoms with van der Waals surface area (Å²) in [4.78, 5) is 27.7. The maximum absolute atomic E-state index is 12.8. The van der Waals surface area contributed by atoms with Crippen LogP contribution in [0.5, 0.6) is 0 Å². The summed E-state index contributed by atoms with van der Waals surface area (Å²) in [6.45, 7) is 6.13. The van der Waals surface area contributed by atoms with Crippen LogP contribution >= 0.6 is 0 Å². The van der Waals surface area contributed by atoms with Gasteiger partial charge in [0.1, 0.15) is 0 Å². The van der Waals surface area contributed by atoms with Gasteiger partial charge < -0.3 is 0 Å². The van der Waals surface area contributed by atoms with Crippen LogP contribution in [0.1, 0.15) is 47.8 Å². The van der Waals surface area contributed by atoms with Crippen molar-refractivity contribution in [1.82, 2.24) is 20.0 Å². The number of carbonyl (C=O) groups is 1. The van der Waals surface area contributed by atoms with Crippen LogP contribution in [0.4, 0.5) is 0 Å². The molecule has 3 rings (SSSR count). The Balaban J connectivity index is 1.90. The lowest BCUT2D eigenvalue weighted by atomic mass is 10.1. The third-order valence-corrected chi connectivity index (χ3v) is 6.39. The van der Waals surface area contributed by atoms with Gasteiger partial charge in [-0.05, 0) is 49.6 Å². The second kappa shape index (κ2) is 9.40. The minimum atomic E-state index is -3.97. The highest BCUT2D eigenvalue weighted by Gasteiger charge is 2.20. The van der Waals surface area contributed by atoms with E-state index in [4.69, 9.17) is 0 Å². The van der Waals surface area contributed by atoms with Crippen LogP contribution < -0.4 is 15.8 Å². The van der Waals surface area contributed by atoms with Gasteiger partial charge in [0.25, 0.3) is 21.5 Å². The smallest absolute Gasteiger partial charge is 0.272 e. The molecule has 31 heavy (non-hydrogen) atoms. The number of nitrogens with one attached hydrogen (secondary N) is 2. The first-order chi connectivity index (χ1) is 14.7. The highest BCUT2D eigenvalue weighted by atomic mass is 32.2. The van der Waals surface area contributed by atoms with Gasteiger partial charge in [-0.3, -0.25) is 15.0 Å². The molecule has 2 aromatic carbocycles. The largest absolute Gasteiger partial charge is 0.287 e. The summed E-state index contributed by atoms with van der Waals surface area (Å²) >= 11 is 0. The maximum Gasteiger partial charge on any atom is 0.287 e.